The summed E-state index contributed by atoms with van der Waals surface area (Å²) < 4.78 is 2.42. The van der Waals surface area contributed by atoms with Gasteiger partial charge in [0.05, 0.1) is 0 Å². The molecule has 31 heavy (non-hydrogen) atoms. The molecule has 0 radical (unpaired) electrons. The fourth-order valence-corrected chi connectivity index (χ4v) is 10.3. The van der Waals surface area contributed by atoms with E-state index in [2.05, 4.69) is 110 Å². The summed E-state index contributed by atoms with van der Waals surface area (Å²) in [5.41, 5.74) is 9.54. The molecule has 0 amide bonds. The Labute approximate surface area is 202 Å². The molecule has 0 nitrogen and oxygen atoms in total. The second kappa shape index (κ2) is 7.81. The van der Waals surface area contributed by atoms with Gasteiger partial charge in [0, 0.05) is 0 Å². The van der Waals surface area contributed by atoms with Gasteiger partial charge in [0.1, 0.15) is 0 Å². The van der Waals surface area contributed by atoms with E-state index in [1.54, 1.807) is 19.6 Å². The zero-order valence-electron chi connectivity index (χ0n) is 20.9. The van der Waals surface area contributed by atoms with E-state index in [-0.39, 0.29) is 10.8 Å². The Morgan fingerprint density at radius 3 is 1.65 bits per heavy atom. The van der Waals surface area contributed by atoms with Gasteiger partial charge in [-0.05, 0) is 0 Å². The molecule has 0 atom stereocenters. The molecule has 0 aliphatic heterocycles. The van der Waals surface area contributed by atoms with Crippen LogP contribution in [-0.4, -0.2) is 8.07 Å². The van der Waals surface area contributed by atoms with E-state index in [1.165, 1.54) is 28.7 Å². The van der Waals surface area contributed by atoms with Gasteiger partial charge >= 0.3 is 204 Å². The maximum absolute atomic E-state index is 2.62. The van der Waals surface area contributed by atoms with Gasteiger partial charge in [-0.1, -0.05) is 0 Å². The molecule has 0 saturated heterocycles. The standard InChI is InChI=1S/C21H25.C8H13Si.Zr/c1-20(2,3)16-7-9-18-14(12-16)11-15-13-17(21(4,5)6)8-10-19(15)18;1-9(2,3)8-6-4-5-7-8;/h7-13H,1-6H3;6-7H,4H2,1-3H3;. The van der Waals surface area contributed by atoms with E-state index in [0.717, 1.165) is 0 Å². The predicted molar refractivity (Wildman–Crippen MR) is 135 cm³/mol. The van der Waals surface area contributed by atoms with Gasteiger partial charge in [0.15, 0.2) is 0 Å². The molecule has 0 fully saturated rings. The van der Waals surface area contributed by atoms with Crippen LogP contribution in [-0.2, 0) is 34.1 Å². The molecule has 0 aromatic heterocycles. The van der Waals surface area contributed by atoms with E-state index < -0.39 is 31.3 Å². The molecule has 4 rings (SSSR count). The van der Waals surface area contributed by atoms with Gasteiger partial charge in [-0.2, -0.15) is 0 Å². The number of hydrogen-bond donors (Lipinski definition) is 0. The van der Waals surface area contributed by atoms with Crippen molar-refractivity contribution in [3.63, 3.8) is 0 Å². The molecular weight excluding hydrogens is 468 g/mol. The van der Waals surface area contributed by atoms with Crippen LogP contribution >= 0.6 is 0 Å². The predicted octanol–water partition coefficient (Wildman–Crippen LogP) is 8.53. The van der Waals surface area contributed by atoms with Crippen LogP contribution in [0.2, 0.25) is 19.6 Å². The summed E-state index contributed by atoms with van der Waals surface area (Å²) in [5.74, 6) is 0. The summed E-state index contributed by atoms with van der Waals surface area (Å²) in [6.45, 7) is 21.5. The molecule has 2 aromatic rings. The normalized spacial score (nSPS) is 16.7. The first-order valence-electron chi connectivity index (χ1n) is 11.7. The van der Waals surface area contributed by atoms with E-state index in [9.17, 15) is 0 Å². The van der Waals surface area contributed by atoms with Crippen molar-refractivity contribution < 1.29 is 23.2 Å². The summed E-state index contributed by atoms with van der Waals surface area (Å²) in [5, 5.41) is 1.67. The van der Waals surface area contributed by atoms with Crippen LogP contribution in [0.15, 0.2) is 57.0 Å². The van der Waals surface area contributed by atoms with E-state index in [4.69, 9.17) is 0 Å². The molecule has 0 spiro atoms. The van der Waals surface area contributed by atoms with Crippen molar-refractivity contribution >= 4 is 8.07 Å². The van der Waals surface area contributed by atoms with Crippen LogP contribution in [0.4, 0.5) is 0 Å². The second-order valence-corrected chi connectivity index (χ2v) is 21.2. The number of hydrogen-bond acceptors (Lipinski definition) is 0. The molecular formula is C29H38SiZr. The van der Waals surface area contributed by atoms with Gasteiger partial charge in [0.2, 0.25) is 0 Å². The van der Waals surface area contributed by atoms with E-state index in [0.29, 0.717) is 3.63 Å². The third kappa shape index (κ3) is 4.58. The Kier molecular flexibility index (Phi) is 5.84. The summed E-state index contributed by atoms with van der Waals surface area (Å²) >= 11 is -0.784. The van der Waals surface area contributed by atoms with Gasteiger partial charge in [-0.3, -0.25) is 0 Å². The van der Waals surface area contributed by atoms with Crippen molar-refractivity contribution in [2.45, 2.75) is 82.1 Å². The Morgan fingerprint density at radius 2 is 1.26 bits per heavy atom. The first-order chi connectivity index (χ1) is 14.2. The SMILES string of the molecule is CC(C)(C)c1ccc2c(c1)[CH]([Zr][C]1=CC([Si](C)(C)C)=CC1)c1cc(C(C)(C)C)ccc1-2. The van der Waals surface area contributed by atoms with Crippen LogP contribution in [0.25, 0.3) is 11.1 Å². The second-order valence-electron chi connectivity index (χ2n) is 12.5. The number of rotatable bonds is 3. The monoisotopic (exact) mass is 504 g/mol. The molecule has 2 aliphatic rings. The van der Waals surface area contributed by atoms with Crippen molar-refractivity contribution in [2.24, 2.45) is 0 Å². The first kappa shape index (κ1) is 23.2. The molecule has 162 valence electrons. The Hall–Kier alpha value is -0.980. The quantitative estimate of drug-likeness (QED) is 0.367. The zero-order valence-corrected chi connectivity index (χ0v) is 24.4. The van der Waals surface area contributed by atoms with Crippen molar-refractivity contribution in [1.29, 1.82) is 0 Å². The summed E-state index contributed by atoms with van der Waals surface area (Å²) in [6.07, 6.45) is 6.39. The summed E-state index contributed by atoms with van der Waals surface area (Å²) in [4.78, 5) is 0. The number of benzene rings is 2. The topological polar surface area (TPSA) is 0 Å². The number of allylic oxidation sites excluding steroid dienone is 4. The Balaban J connectivity index is 1.80. The van der Waals surface area contributed by atoms with Crippen molar-refractivity contribution in [3.05, 3.63) is 79.3 Å². The van der Waals surface area contributed by atoms with Crippen LogP contribution in [0.5, 0.6) is 0 Å². The Morgan fingerprint density at radius 1 is 0.774 bits per heavy atom. The Bertz CT molecular complexity index is 1020. The fourth-order valence-electron chi connectivity index (χ4n) is 4.68. The van der Waals surface area contributed by atoms with Crippen molar-refractivity contribution in [1.82, 2.24) is 0 Å². The van der Waals surface area contributed by atoms with E-state index in [1.807, 2.05) is 0 Å². The number of fused-ring (bicyclic) bond motifs is 3. The van der Waals surface area contributed by atoms with Crippen molar-refractivity contribution in [2.75, 3.05) is 0 Å². The third-order valence-corrected chi connectivity index (χ3v) is 12.9. The van der Waals surface area contributed by atoms with Gasteiger partial charge in [0.25, 0.3) is 0 Å². The molecule has 0 unspecified atom stereocenters. The summed E-state index contributed by atoms with van der Waals surface area (Å²) in [7, 11) is -1.22. The average molecular weight is 506 g/mol. The maximum atomic E-state index is 2.62. The average Bonchev–Trinajstić information content (AvgIpc) is 3.23. The zero-order chi connectivity index (χ0) is 22.8. The molecule has 0 N–H and O–H groups in total. The molecule has 0 heterocycles. The van der Waals surface area contributed by atoms with E-state index >= 15 is 0 Å². The van der Waals surface area contributed by atoms with Gasteiger partial charge in [-0.15, -0.1) is 0 Å². The van der Waals surface area contributed by atoms with Crippen LogP contribution < -0.4 is 0 Å². The third-order valence-electron chi connectivity index (χ3n) is 6.81. The fraction of sp³-hybridized carbons (Fsp3) is 0.448. The molecule has 0 saturated carbocycles. The molecule has 2 aliphatic carbocycles. The van der Waals surface area contributed by atoms with Gasteiger partial charge in [-0.25, -0.2) is 0 Å². The van der Waals surface area contributed by atoms with Crippen LogP contribution in [0, 0.1) is 0 Å². The molecule has 2 heteroatoms. The first-order valence-corrected chi connectivity index (χ1v) is 17.9. The van der Waals surface area contributed by atoms with Crippen LogP contribution in [0.1, 0.15) is 73.8 Å². The molecule has 2 aromatic carbocycles. The van der Waals surface area contributed by atoms with Crippen molar-refractivity contribution in [3.8, 4) is 11.1 Å². The minimum absolute atomic E-state index is 0.190. The van der Waals surface area contributed by atoms with Crippen LogP contribution in [0.3, 0.4) is 0 Å². The minimum atomic E-state index is -1.22. The van der Waals surface area contributed by atoms with Gasteiger partial charge < -0.3 is 0 Å². The summed E-state index contributed by atoms with van der Waals surface area (Å²) in [6, 6.07) is 14.7. The molecule has 0 bridgehead atoms.